The van der Waals surface area contributed by atoms with Gasteiger partial charge >= 0.3 is 0 Å². The average molecular weight is 343 g/mol. The van der Waals surface area contributed by atoms with E-state index in [1.165, 1.54) is 12.8 Å². The number of nitrogens with two attached hydrogens (primary N) is 1. The molecule has 0 radical (unpaired) electrons. The van der Waals surface area contributed by atoms with Gasteiger partial charge in [-0.3, -0.25) is 0 Å². The van der Waals surface area contributed by atoms with Gasteiger partial charge in [-0.1, -0.05) is 0 Å². The summed E-state index contributed by atoms with van der Waals surface area (Å²) in [5.41, 5.74) is 6.78. The molecule has 25 heavy (non-hydrogen) atoms. The van der Waals surface area contributed by atoms with E-state index in [9.17, 15) is 0 Å². The van der Waals surface area contributed by atoms with Crippen LogP contribution in [0.3, 0.4) is 0 Å². The first kappa shape index (κ1) is 15.7. The van der Waals surface area contributed by atoms with Gasteiger partial charge < -0.3 is 20.5 Å². The van der Waals surface area contributed by atoms with E-state index in [0.29, 0.717) is 37.4 Å². The van der Waals surface area contributed by atoms with Crippen LogP contribution in [-0.2, 0) is 13.1 Å². The summed E-state index contributed by atoms with van der Waals surface area (Å²) < 4.78 is 13.1. The highest BCUT2D eigenvalue weighted by Crippen LogP contribution is 2.32. The van der Waals surface area contributed by atoms with E-state index in [0.717, 1.165) is 30.2 Å². The first-order valence-corrected chi connectivity index (χ1v) is 8.49. The van der Waals surface area contributed by atoms with Crippen LogP contribution >= 0.6 is 0 Å². The van der Waals surface area contributed by atoms with Gasteiger partial charge in [-0.05, 0) is 41.3 Å². The molecule has 2 aliphatic rings. The van der Waals surface area contributed by atoms with Crippen LogP contribution in [0.25, 0.3) is 0 Å². The van der Waals surface area contributed by atoms with E-state index in [2.05, 4.69) is 25.8 Å². The first-order valence-electron chi connectivity index (χ1n) is 8.49. The second-order valence-electron chi connectivity index (χ2n) is 6.26. The number of tetrazole rings is 1. The summed E-state index contributed by atoms with van der Waals surface area (Å²) in [6.45, 7) is 2.50. The third-order valence-corrected chi connectivity index (χ3v) is 4.14. The maximum atomic E-state index is 5.98. The number of hydrogen-bond acceptors (Lipinski definition) is 6. The summed E-state index contributed by atoms with van der Waals surface area (Å²) in [5.74, 6) is 3.18. The van der Waals surface area contributed by atoms with E-state index in [4.69, 9.17) is 15.2 Å². The Hall–Kier alpha value is -2.84. The lowest BCUT2D eigenvalue weighted by Crippen LogP contribution is -2.23. The van der Waals surface area contributed by atoms with Crippen molar-refractivity contribution in [3.8, 4) is 11.5 Å². The molecule has 9 nitrogen and oxygen atoms in total. The van der Waals surface area contributed by atoms with Gasteiger partial charge in [-0.2, -0.15) is 0 Å². The summed E-state index contributed by atoms with van der Waals surface area (Å²) in [7, 11) is 0. The fourth-order valence-electron chi connectivity index (χ4n) is 2.61. The minimum atomic E-state index is 0.301. The number of nitrogens with zero attached hydrogens (tertiary/aromatic N) is 5. The quantitative estimate of drug-likeness (QED) is 0.619. The number of nitrogens with one attached hydrogen (secondary N) is 1. The van der Waals surface area contributed by atoms with Crippen LogP contribution in [0.15, 0.2) is 23.2 Å². The molecule has 4 rings (SSSR count). The molecule has 3 N–H and O–H groups in total. The van der Waals surface area contributed by atoms with Crippen molar-refractivity contribution < 1.29 is 9.47 Å². The van der Waals surface area contributed by atoms with Crippen molar-refractivity contribution in [1.82, 2.24) is 20.2 Å². The number of aromatic nitrogens is 4. The minimum absolute atomic E-state index is 0.301. The van der Waals surface area contributed by atoms with Gasteiger partial charge in [0.15, 0.2) is 23.3 Å². The Balaban J connectivity index is 1.39. The number of aliphatic imine (C=N–C) groups is 1. The average Bonchev–Trinajstić information content (AvgIpc) is 3.36. The molecule has 0 bridgehead atoms. The molecule has 0 spiro atoms. The number of hydrogen-bond donors (Lipinski definition) is 2. The van der Waals surface area contributed by atoms with Gasteiger partial charge in [-0.15, -0.1) is 5.10 Å². The SMILES string of the molecule is NC(=NCc1nnnn1CC1CC1)Nc1ccc2c(c1)OCCCO2. The van der Waals surface area contributed by atoms with Crippen molar-refractivity contribution in [3.63, 3.8) is 0 Å². The first-order chi connectivity index (χ1) is 12.3. The summed E-state index contributed by atoms with van der Waals surface area (Å²) in [6.07, 6.45) is 3.36. The standard InChI is InChI=1S/C16H21N7O2/c17-16(18-9-15-20-21-22-23(15)10-11-2-3-11)19-12-4-5-13-14(8-12)25-7-1-6-24-13/h4-5,8,11H,1-3,6-7,9-10H2,(H3,17,18,19). The molecule has 2 heterocycles. The molecule has 9 heteroatoms. The largest absolute Gasteiger partial charge is 0.490 e. The second kappa shape index (κ2) is 6.96. The van der Waals surface area contributed by atoms with E-state index in [1.54, 1.807) is 0 Å². The molecule has 0 atom stereocenters. The molecule has 1 aromatic heterocycles. The number of benzene rings is 1. The van der Waals surface area contributed by atoms with Gasteiger partial charge in [0.1, 0.15) is 6.54 Å². The number of rotatable bonds is 5. The van der Waals surface area contributed by atoms with Crippen LogP contribution in [-0.4, -0.2) is 39.4 Å². The zero-order valence-corrected chi connectivity index (χ0v) is 13.9. The van der Waals surface area contributed by atoms with Gasteiger partial charge in [0.25, 0.3) is 0 Å². The van der Waals surface area contributed by atoms with Crippen molar-refractivity contribution in [2.45, 2.75) is 32.4 Å². The Morgan fingerprint density at radius 2 is 2.12 bits per heavy atom. The lowest BCUT2D eigenvalue weighted by atomic mass is 10.3. The molecular weight excluding hydrogens is 322 g/mol. The van der Waals surface area contributed by atoms with Crippen LogP contribution in [0.5, 0.6) is 11.5 Å². The third kappa shape index (κ3) is 3.98. The lowest BCUT2D eigenvalue weighted by molar-refractivity contribution is 0.297. The highest BCUT2D eigenvalue weighted by molar-refractivity contribution is 5.92. The molecule has 0 saturated heterocycles. The fraction of sp³-hybridized carbons (Fsp3) is 0.500. The van der Waals surface area contributed by atoms with Gasteiger partial charge in [-0.25, -0.2) is 9.67 Å². The normalized spacial score (nSPS) is 17.2. The zero-order chi connectivity index (χ0) is 17.1. The van der Waals surface area contributed by atoms with Crippen LogP contribution in [0, 0.1) is 5.92 Å². The van der Waals surface area contributed by atoms with E-state index < -0.39 is 0 Å². The third-order valence-electron chi connectivity index (χ3n) is 4.14. The number of ether oxygens (including phenoxy) is 2. The van der Waals surface area contributed by atoms with Crippen molar-refractivity contribution in [1.29, 1.82) is 0 Å². The molecule has 0 amide bonds. The number of fused-ring (bicyclic) bond motifs is 1. The Labute approximate surface area is 145 Å². The van der Waals surface area contributed by atoms with Crippen molar-refractivity contribution >= 4 is 11.6 Å². The highest BCUT2D eigenvalue weighted by atomic mass is 16.5. The van der Waals surface area contributed by atoms with Crippen molar-refractivity contribution in [2.24, 2.45) is 16.6 Å². The van der Waals surface area contributed by atoms with Gasteiger partial charge in [0.05, 0.1) is 13.2 Å². The van der Waals surface area contributed by atoms with Crippen LogP contribution < -0.4 is 20.5 Å². The van der Waals surface area contributed by atoms with Crippen molar-refractivity contribution in [2.75, 3.05) is 18.5 Å². The Morgan fingerprint density at radius 3 is 2.96 bits per heavy atom. The molecule has 1 aromatic carbocycles. The lowest BCUT2D eigenvalue weighted by Gasteiger charge is -2.10. The predicted octanol–water partition coefficient (Wildman–Crippen LogP) is 1.17. The van der Waals surface area contributed by atoms with Gasteiger partial charge in [0.2, 0.25) is 0 Å². The smallest absolute Gasteiger partial charge is 0.193 e. The molecule has 1 aliphatic carbocycles. The molecule has 1 fully saturated rings. The van der Waals surface area contributed by atoms with Crippen LogP contribution in [0.4, 0.5) is 5.69 Å². The Kier molecular flexibility index (Phi) is 4.36. The highest BCUT2D eigenvalue weighted by Gasteiger charge is 2.23. The van der Waals surface area contributed by atoms with Crippen molar-refractivity contribution in [3.05, 3.63) is 24.0 Å². The predicted molar refractivity (Wildman–Crippen MR) is 91.5 cm³/mol. The number of guanidine groups is 1. The maximum Gasteiger partial charge on any atom is 0.193 e. The summed E-state index contributed by atoms with van der Waals surface area (Å²) in [4.78, 5) is 4.33. The Bertz CT molecular complexity index is 770. The summed E-state index contributed by atoms with van der Waals surface area (Å²) in [6, 6.07) is 5.61. The molecule has 1 aliphatic heterocycles. The van der Waals surface area contributed by atoms with E-state index in [-0.39, 0.29) is 0 Å². The molecule has 0 unspecified atom stereocenters. The fourth-order valence-corrected chi connectivity index (χ4v) is 2.61. The molecule has 2 aromatic rings. The van der Waals surface area contributed by atoms with Crippen LogP contribution in [0.2, 0.25) is 0 Å². The van der Waals surface area contributed by atoms with E-state index >= 15 is 0 Å². The van der Waals surface area contributed by atoms with E-state index in [1.807, 2.05) is 22.9 Å². The van der Waals surface area contributed by atoms with Gasteiger partial charge in [0, 0.05) is 24.7 Å². The second-order valence-corrected chi connectivity index (χ2v) is 6.26. The molecule has 1 saturated carbocycles. The maximum absolute atomic E-state index is 5.98. The number of anilines is 1. The monoisotopic (exact) mass is 343 g/mol. The Morgan fingerprint density at radius 1 is 1.28 bits per heavy atom. The topological polar surface area (TPSA) is 112 Å². The molecule has 132 valence electrons. The zero-order valence-electron chi connectivity index (χ0n) is 13.9. The molecular formula is C16H21N7O2. The van der Waals surface area contributed by atoms with Crippen LogP contribution in [0.1, 0.15) is 25.1 Å². The summed E-state index contributed by atoms with van der Waals surface area (Å²) in [5, 5.41) is 14.8. The summed E-state index contributed by atoms with van der Waals surface area (Å²) >= 11 is 0. The minimum Gasteiger partial charge on any atom is -0.490 e.